The van der Waals surface area contributed by atoms with Gasteiger partial charge in [0.1, 0.15) is 11.6 Å². The SMILES string of the molecule is Cc1ccc(CC(NC(=O)c2ccc(C#N)cc2)C(=O)CC(C)C(=O)N2CCC[C@H]2C(=O)OC(C)(C)C)cc1. The normalized spacial score (nSPS) is 16.6. The number of ketones is 1. The van der Waals surface area contributed by atoms with Crippen LogP contribution in [-0.4, -0.2) is 52.7 Å². The first-order valence-electron chi connectivity index (χ1n) is 13.3. The monoisotopic (exact) mass is 531 g/mol. The summed E-state index contributed by atoms with van der Waals surface area (Å²) in [6.45, 7) is 9.43. The van der Waals surface area contributed by atoms with Crippen LogP contribution in [0.5, 0.6) is 0 Å². The first-order valence-corrected chi connectivity index (χ1v) is 13.3. The molecule has 39 heavy (non-hydrogen) atoms. The quantitative estimate of drug-likeness (QED) is 0.486. The molecule has 2 aromatic rings. The highest BCUT2D eigenvalue weighted by Crippen LogP contribution is 2.24. The third kappa shape index (κ3) is 8.25. The van der Waals surface area contributed by atoms with Crippen molar-refractivity contribution in [2.75, 3.05) is 6.54 Å². The Bertz CT molecular complexity index is 1240. The lowest BCUT2D eigenvalue weighted by Crippen LogP contribution is -2.47. The number of benzene rings is 2. The fourth-order valence-corrected chi connectivity index (χ4v) is 4.60. The number of esters is 1. The number of rotatable bonds is 9. The van der Waals surface area contributed by atoms with Gasteiger partial charge in [-0.25, -0.2) is 4.79 Å². The van der Waals surface area contributed by atoms with E-state index in [4.69, 9.17) is 10.00 Å². The number of amides is 2. The number of nitrogens with one attached hydrogen (secondary N) is 1. The van der Waals surface area contributed by atoms with E-state index < -0.39 is 35.5 Å². The zero-order valence-corrected chi connectivity index (χ0v) is 23.3. The van der Waals surface area contributed by atoms with E-state index in [9.17, 15) is 19.2 Å². The van der Waals surface area contributed by atoms with E-state index in [2.05, 4.69) is 5.32 Å². The van der Waals surface area contributed by atoms with Crippen LogP contribution in [0.15, 0.2) is 48.5 Å². The van der Waals surface area contributed by atoms with E-state index in [1.807, 2.05) is 37.3 Å². The lowest BCUT2D eigenvalue weighted by atomic mass is 9.94. The molecule has 2 aromatic carbocycles. The van der Waals surface area contributed by atoms with Crippen LogP contribution in [0.25, 0.3) is 0 Å². The van der Waals surface area contributed by atoms with Gasteiger partial charge in [-0.1, -0.05) is 36.8 Å². The van der Waals surface area contributed by atoms with Gasteiger partial charge in [0.25, 0.3) is 5.91 Å². The van der Waals surface area contributed by atoms with Gasteiger partial charge in [0.05, 0.1) is 17.7 Å². The number of hydrogen-bond acceptors (Lipinski definition) is 6. The average Bonchev–Trinajstić information content (AvgIpc) is 3.38. The van der Waals surface area contributed by atoms with Crippen LogP contribution in [-0.2, 0) is 25.5 Å². The molecule has 0 aromatic heterocycles. The molecule has 0 saturated carbocycles. The molecule has 1 aliphatic heterocycles. The molecule has 0 bridgehead atoms. The number of carbonyl (C=O) groups excluding carboxylic acids is 4. The first-order chi connectivity index (χ1) is 18.4. The minimum absolute atomic E-state index is 0.0828. The highest BCUT2D eigenvalue weighted by atomic mass is 16.6. The summed E-state index contributed by atoms with van der Waals surface area (Å²) in [4.78, 5) is 54.0. The number of carbonyl (C=O) groups is 4. The fourth-order valence-electron chi connectivity index (χ4n) is 4.60. The number of hydrogen-bond donors (Lipinski definition) is 1. The van der Waals surface area contributed by atoms with E-state index in [1.54, 1.807) is 39.8 Å². The molecule has 206 valence electrons. The third-order valence-electron chi connectivity index (χ3n) is 6.67. The molecule has 0 spiro atoms. The summed E-state index contributed by atoms with van der Waals surface area (Å²) in [5, 5.41) is 11.9. The summed E-state index contributed by atoms with van der Waals surface area (Å²) >= 11 is 0. The van der Waals surface area contributed by atoms with Crippen LogP contribution in [0.1, 0.15) is 74.0 Å². The van der Waals surface area contributed by atoms with Gasteiger partial charge in [-0.05, 0) is 76.8 Å². The van der Waals surface area contributed by atoms with Gasteiger partial charge in [0.15, 0.2) is 5.78 Å². The number of ether oxygens (including phenoxy) is 1. The van der Waals surface area contributed by atoms with Gasteiger partial charge in [-0.2, -0.15) is 5.26 Å². The van der Waals surface area contributed by atoms with Gasteiger partial charge in [0, 0.05) is 24.4 Å². The van der Waals surface area contributed by atoms with E-state index in [-0.39, 0.29) is 24.5 Å². The molecule has 3 atom stereocenters. The molecule has 1 fully saturated rings. The topological polar surface area (TPSA) is 117 Å². The van der Waals surface area contributed by atoms with Crippen molar-refractivity contribution >= 4 is 23.6 Å². The van der Waals surface area contributed by atoms with Crippen LogP contribution < -0.4 is 5.32 Å². The second-order valence-electron chi connectivity index (χ2n) is 11.2. The number of likely N-dealkylation sites (tertiary alicyclic amines) is 1. The van der Waals surface area contributed by atoms with E-state index in [0.717, 1.165) is 11.1 Å². The Hall–Kier alpha value is -3.99. The van der Waals surface area contributed by atoms with Crippen molar-refractivity contribution < 1.29 is 23.9 Å². The van der Waals surface area contributed by atoms with E-state index >= 15 is 0 Å². The standard InChI is InChI=1S/C31H37N3O5/c1-20-8-10-22(11-9-20)18-25(33-28(36)24-14-12-23(19-32)13-15-24)27(35)17-21(2)29(37)34-16-6-7-26(34)30(38)39-31(3,4)5/h8-15,21,25-26H,6-7,16-18H2,1-5H3,(H,33,36)/t21?,25?,26-/m0/s1. The van der Waals surface area contributed by atoms with Crippen molar-refractivity contribution in [3.05, 3.63) is 70.8 Å². The van der Waals surface area contributed by atoms with Crippen molar-refractivity contribution in [1.29, 1.82) is 5.26 Å². The van der Waals surface area contributed by atoms with Gasteiger partial charge >= 0.3 is 5.97 Å². The van der Waals surface area contributed by atoms with Crippen molar-refractivity contribution in [2.45, 2.75) is 78.0 Å². The second-order valence-corrected chi connectivity index (χ2v) is 11.2. The van der Waals surface area contributed by atoms with Crippen molar-refractivity contribution in [1.82, 2.24) is 10.2 Å². The molecular weight excluding hydrogens is 494 g/mol. The first kappa shape index (κ1) is 29.6. The largest absolute Gasteiger partial charge is 0.458 e. The summed E-state index contributed by atoms with van der Waals surface area (Å²) in [5.74, 6) is -2.09. The molecule has 2 amide bonds. The van der Waals surface area contributed by atoms with Crippen molar-refractivity contribution in [2.24, 2.45) is 5.92 Å². The van der Waals surface area contributed by atoms with Crippen LogP contribution in [0, 0.1) is 24.2 Å². The van der Waals surface area contributed by atoms with Crippen molar-refractivity contribution in [3.8, 4) is 6.07 Å². The summed E-state index contributed by atoms with van der Waals surface area (Å²) in [6, 6.07) is 14.4. The zero-order valence-electron chi connectivity index (χ0n) is 23.3. The maximum absolute atomic E-state index is 13.5. The predicted molar refractivity (Wildman–Crippen MR) is 147 cm³/mol. The molecule has 1 aliphatic rings. The smallest absolute Gasteiger partial charge is 0.329 e. The number of Topliss-reactive ketones (excluding diaryl/α,β-unsaturated/α-hetero) is 1. The van der Waals surface area contributed by atoms with E-state index in [0.29, 0.717) is 30.5 Å². The van der Waals surface area contributed by atoms with Gasteiger partial charge in [0.2, 0.25) is 5.91 Å². The molecule has 0 radical (unpaired) electrons. The highest BCUT2D eigenvalue weighted by molar-refractivity contribution is 5.99. The fraction of sp³-hybridized carbons (Fsp3) is 0.452. The van der Waals surface area contributed by atoms with E-state index in [1.165, 1.54) is 17.0 Å². The van der Waals surface area contributed by atoms with Gasteiger partial charge in [-0.3, -0.25) is 14.4 Å². The molecule has 1 N–H and O–H groups in total. The zero-order chi connectivity index (χ0) is 28.7. The molecular formula is C31H37N3O5. The number of aryl methyl sites for hydroxylation is 1. The van der Waals surface area contributed by atoms with Crippen LogP contribution in [0.3, 0.4) is 0 Å². The summed E-state index contributed by atoms with van der Waals surface area (Å²) in [6.07, 6.45) is 1.40. The van der Waals surface area contributed by atoms with Crippen molar-refractivity contribution in [3.63, 3.8) is 0 Å². The Morgan fingerprint density at radius 2 is 1.72 bits per heavy atom. The van der Waals surface area contributed by atoms with Gasteiger partial charge < -0.3 is 15.0 Å². The second kappa shape index (κ2) is 12.7. The number of nitriles is 1. The Kier molecular flexibility index (Phi) is 9.63. The minimum Gasteiger partial charge on any atom is -0.458 e. The number of nitrogens with zero attached hydrogens (tertiary/aromatic N) is 2. The lowest BCUT2D eigenvalue weighted by molar-refractivity contribution is -0.163. The molecule has 1 heterocycles. The summed E-state index contributed by atoms with van der Waals surface area (Å²) < 4.78 is 5.51. The van der Waals surface area contributed by atoms with Crippen LogP contribution >= 0.6 is 0 Å². The van der Waals surface area contributed by atoms with Crippen LogP contribution in [0.4, 0.5) is 0 Å². The average molecular weight is 532 g/mol. The predicted octanol–water partition coefficient (Wildman–Crippen LogP) is 4.14. The Balaban J connectivity index is 1.73. The Morgan fingerprint density at radius 3 is 2.31 bits per heavy atom. The van der Waals surface area contributed by atoms with Gasteiger partial charge in [-0.15, -0.1) is 0 Å². The molecule has 3 rings (SSSR count). The maximum Gasteiger partial charge on any atom is 0.329 e. The Labute approximate surface area is 230 Å². The van der Waals surface area contributed by atoms with Crippen LogP contribution in [0.2, 0.25) is 0 Å². The molecule has 1 saturated heterocycles. The maximum atomic E-state index is 13.5. The molecule has 8 nitrogen and oxygen atoms in total. The highest BCUT2D eigenvalue weighted by Gasteiger charge is 2.39. The molecule has 8 heteroatoms. The third-order valence-corrected chi connectivity index (χ3v) is 6.67. The molecule has 0 aliphatic carbocycles. The Morgan fingerprint density at radius 1 is 1.08 bits per heavy atom. The lowest BCUT2D eigenvalue weighted by Gasteiger charge is -2.29. The molecule has 2 unspecified atom stereocenters. The summed E-state index contributed by atoms with van der Waals surface area (Å²) in [7, 11) is 0. The summed E-state index contributed by atoms with van der Waals surface area (Å²) in [5.41, 5.74) is 2.05. The minimum atomic E-state index is -0.855.